The van der Waals surface area contributed by atoms with Gasteiger partial charge in [-0.05, 0) is 30.6 Å². The van der Waals surface area contributed by atoms with Gasteiger partial charge in [0.25, 0.3) is 0 Å². The Hall–Kier alpha value is -2.50. The smallest absolute Gasteiger partial charge is 0.187 e. The van der Waals surface area contributed by atoms with Crippen LogP contribution in [-0.4, -0.2) is 25.4 Å². The van der Waals surface area contributed by atoms with E-state index in [0.29, 0.717) is 18.1 Å². The van der Waals surface area contributed by atoms with Crippen molar-refractivity contribution < 1.29 is 27.0 Å². The molecule has 0 fully saturated rings. The fourth-order valence-electron chi connectivity index (χ4n) is 2.38. The molecule has 1 unspecified atom stereocenters. The summed E-state index contributed by atoms with van der Waals surface area (Å²) in [6.45, 7) is 3.81. The van der Waals surface area contributed by atoms with Gasteiger partial charge in [0.2, 0.25) is 0 Å². The summed E-state index contributed by atoms with van der Waals surface area (Å²) in [7, 11) is -3.86. The highest BCUT2D eigenvalue weighted by Crippen LogP contribution is 2.27. The molecular weight excluding hydrogens is 364 g/mol. The van der Waals surface area contributed by atoms with Crippen LogP contribution in [0.2, 0.25) is 0 Å². The van der Waals surface area contributed by atoms with E-state index in [-0.39, 0.29) is 29.3 Å². The van der Waals surface area contributed by atoms with Crippen molar-refractivity contribution >= 4 is 9.84 Å². The average Bonchev–Trinajstić information content (AvgIpc) is 2.59. The Labute approximate surface area is 150 Å². The van der Waals surface area contributed by atoms with Gasteiger partial charge in [-0.1, -0.05) is 6.58 Å². The van der Waals surface area contributed by atoms with Crippen molar-refractivity contribution in [1.82, 2.24) is 0 Å². The van der Waals surface area contributed by atoms with Crippen LogP contribution in [0.1, 0.15) is 19.3 Å². The number of hydrogen-bond acceptors (Lipinski definition) is 5. The predicted octanol–water partition coefficient (Wildman–Crippen LogP) is 3.15. The number of aliphatic hydroxyl groups excluding tert-OH is 1. The Kier molecular flexibility index (Phi) is 6.29. The Morgan fingerprint density at radius 2 is 1.92 bits per heavy atom. The number of benzene rings is 1. The minimum atomic E-state index is -3.86. The normalized spacial score (nSPS) is 22.7. The third kappa shape index (κ3) is 5.25. The van der Waals surface area contributed by atoms with Crippen LogP contribution < -0.4 is 4.74 Å². The fraction of sp³-hybridized carbons (Fsp3) is 0.278. The Balaban J connectivity index is 2.42. The third-order valence-electron chi connectivity index (χ3n) is 3.70. The lowest BCUT2D eigenvalue weighted by Gasteiger charge is -2.13. The minimum Gasteiger partial charge on any atom is -0.457 e. The molecule has 0 saturated carbocycles. The lowest BCUT2D eigenvalue weighted by molar-refractivity contribution is 0.166. The molecule has 1 aliphatic rings. The van der Waals surface area contributed by atoms with Gasteiger partial charge in [-0.3, -0.25) is 0 Å². The first-order chi connectivity index (χ1) is 12.2. The number of aliphatic hydroxyl groups is 1. The quantitative estimate of drug-likeness (QED) is 0.866. The zero-order valence-electron chi connectivity index (χ0n) is 13.8. The summed E-state index contributed by atoms with van der Waals surface area (Å²) in [5, 5.41) is 18.7. The molecular formula is C18H17F2NO4S. The summed E-state index contributed by atoms with van der Waals surface area (Å²) >= 11 is 0. The van der Waals surface area contributed by atoms with Crippen LogP contribution in [0.15, 0.2) is 53.2 Å². The molecule has 5 nitrogen and oxygen atoms in total. The predicted molar refractivity (Wildman–Crippen MR) is 91.5 cm³/mol. The molecule has 26 heavy (non-hydrogen) atoms. The molecule has 138 valence electrons. The van der Waals surface area contributed by atoms with Gasteiger partial charge in [-0.25, -0.2) is 17.2 Å². The van der Waals surface area contributed by atoms with Crippen LogP contribution in [-0.2, 0) is 9.84 Å². The number of allylic oxidation sites excluding steroid dienone is 3. The van der Waals surface area contributed by atoms with Crippen molar-refractivity contribution in [2.24, 2.45) is 0 Å². The molecule has 1 N–H and O–H groups in total. The lowest BCUT2D eigenvalue weighted by atomic mass is 10.1. The standard InChI is InChI=1S/C18H17F2NO4S/c1-12-2-3-15(22)11-17(26(23,24)7-6-21)4-5-18(12)25-16-9-13(19)8-14(20)10-16/h4-5,8-10,15,22H,1-3,7,11H2/b17-4+,18-5+. The van der Waals surface area contributed by atoms with E-state index in [2.05, 4.69) is 6.58 Å². The molecule has 1 aromatic rings. The number of sulfone groups is 1. The zero-order chi connectivity index (χ0) is 19.3. The van der Waals surface area contributed by atoms with Crippen LogP contribution in [0.4, 0.5) is 8.78 Å². The van der Waals surface area contributed by atoms with Gasteiger partial charge in [0.15, 0.2) is 9.84 Å². The molecule has 0 radical (unpaired) electrons. The second kappa shape index (κ2) is 8.25. The second-order valence-corrected chi connectivity index (χ2v) is 7.83. The molecule has 0 heterocycles. The van der Waals surface area contributed by atoms with Crippen molar-refractivity contribution in [1.29, 1.82) is 5.26 Å². The molecule has 0 bridgehead atoms. The average molecular weight is 381 g/mol. The fourth-order valence-corrected chi connectivity index (χ4v) is 3.46. The summed E-state index contributed by atoms with van der Waals surface area (Å²) in [5.74, 6) is -2.35. The molecule has 8 heteroatoms. The molecule has 1 atom stereocenters. The van der Waals surface area contributed by atoms with Crippen molar-refractivity contribution in [3.63, 3.8) is 0 Å². The van der Waals surface area contributed by atoms with Crippen LogP contribution >= 0.6 is 0 Å². The Bertz CT molecular complexity index is 893. The van der Waals surface area contributed by atoms with E-state index in [1.54, 1.807) is 6.07 Å². The van der Waals surface area contributed by atoms with E-state index in [4.69, 9.17) is 10.00 Å². The van der Waals surface area contributed by atoms with E-state index >= 15 is 0 Å². The first-order valence-electron chi connectivity index (χ1n) is 7.72. The molecule has 0 amide bonds. The molecule has 1 aromatic carbocycles. The zero-order valence-corrected chi connectivity index (χ0v) is 14.6. The molecule has 0 aromatic heterocycles. The van der Waals surface area contributed by atoms with Crippen molar-refractivity contribution in [3.8, 4) is 11.8 Å². The van der Waals surface area contributed by atoms with Crippen LogP contribution in [0.5, 0.6) is 5.75 Å². The number of nitrogens with zero attached hydrogens (tertiary/aromatic N) is 1. The summed E-state index contributed by atoms with van der Waals surface area (Å²) in [4.78, 5) is -0.118. The van der Waals surface area contributed by atoms with Gasteiger partial charge in [0, 0.05) is 29.5 Å². The number of nitriles is 1. The SMILES string of the molecule is C=C1CCC(O)C/C(S(=O)(=O)CC#N)=C\C=C/1Oc1cc(F)cc(F)c1. The summed E-state index contributed by atoms with van der Waals surface area (Å²) < 4.78 is 56.4. The number of ether oxygens (including phenoxy) is 1. The summed E-state index contributed by atoms with van der Waals surface area (Å²) in [6, 6.07) is 4.24. The Morgan fingerprint density at radius 3 is 2.54 bits per heavy atom. The van der Waals surface area contributed by atoms with Crippen molar-refractivity contribution in [2.75, 3.05) is 5.75 Å². The van der Waals surface area contributed by atoms with Gasteiger partial charge in [0.1, 0.15) is 28.9 Å². The summed E-state index contributed by atoms with van der Waals surface area (Å²) in [5.41, 5.74) is 0.434. The minimum absolute atomic E-state index is 0.107. The molecule has 0 spiro atoms. The second-order valence-electron chi connectivity index (χ2n) is 5.79. The monoisotopic (exact) mass is 381 g/mol. The molecule has 2 rings (SSSR count). The number of hydrogen-bond donors (Lipinski definition) is 1. The van der Waals surface area contributed by atoms with Crippen LogP contribution in [0, 0.1) is 23.0 Å². The van der Waals surface area contributed by atoms with E-state index < -0.39 is 33.3 Å². The van der Waals surface area contributed by atoms with E-state index in [1.165, 1.54) is 12.2 Å². The highest BCUT2D eigenvalue weighted by atomic mass is 32.2. The van der Waals surface area contributed by atoms with Gasteiger partial charge >= 0.3 is 0 Å². The first kappa shape index (κ1) is 19.8. The maximum absolute atomic E-state index is 13.3. The topological polar surface area (TPSA) is 87.4 Å². The molecule has 1 aliphatic carbocycles. The summed E-state index contributed by atoms with van der Waals surface area (Å²) in [6.07, 6.45) is 1.96. The van der Waals surface area contributed by atoms with E-state index in [0.717, 1.165) is 12.1 Å². The van der Waals surface area contributed by atoms with Gasteiger partial charge < -0.3 is 9.84 Å². The van der Waals surface area contributed by atoms with Crippen LogP contribution in [0.25, 0.3) is 0 Å². The largest absolute Gasteiger partial charge is 0.457 e. The highest BCUT2D eigenvalue weighted by Gasteiger charge is 2.22. The van der Waals surface area contributed by atoms with Gasteiger partial charge in [-0.15, -0.1) is 0 Å². The van der Waals surface area contributed by atoms with E-state index in [1.807, 2.05) is 0 Å². The van der Waals surface area contributed by atoms with Crippen molar-refractivity contribution in [2.45, 2.75) is 25.4 Å². The highest BCUT2D eigenvalue weighted by molar-refractivity contribution is 7.95. The third-order valence-corrected chi connectivity index (χ3v) is 5.31. The van der Waals surface area contributed by atoms with Gasteiger partial charge in [0.05, 0.1) is 12.2 Å². The number of rotatable bonds is 4. The first-order valence-corrected chi connectivity index (χ1v) is 9.37. The number of halogens is 2. The maximum Gasteiger partial charge on any atom is 0.187 e. The molecule has 0 saturated heterocycles. The maximum atomic E-state index is 13.3. The molecule has 0 aliphatic heterocycles. The van der Waals surface area contributed by atoms with Gasteiger partial charge in [-0.2, -0.15) is 5.26 Å². The lowest BCUT2D eigenvalue weighted by Crippen LogP contribution is -2.15. The van der Waals surface area contributed by atoms with Crippen molar-refractivity contribution in [3.05, 3.63) is 64.8 Å². The van der Waals surface area contributed by atoms with Crippen LogP contribution in [0.3, 0.4) is 0 Å². The van der Waals surface area contributed by atoms with E-state index in [9.17, 15) is 22.3 Å². The Morgan fingerprint density at radius 1 is 1.27 bits per heavy atom.